The van der Waals surface area contributed by atoms with E-state index in [1.54, 1.807) is 4.90 Å². The molecule has 1 heterocycles. The number of hydrogen-bond acceptors (Lipinski definition) is 4. The molecule has 2 amide bonds. The standard InChI is InChI=1S/C24H40N2O4/c1-16(2)13-19(25-15-27)21(28)26-12-8-9-20(26)22(29)30-17(3)14-18-10-11-23(4,5)24(18,6)7/h15-18,20H,8-14H2,1-7H3. The Kier molecular flexibility index (Phi) is 7.86. The van der Waals surface area contributed by atoms with Crippen LogP contribution in [0, 0.1) is 22.7 Å². The molecule has 6 nitrogen and oxygen atoms in total. The van der Waals surface area contributed by atoms with E-state index in [1.165, 1.54) is 6.42 Å². The Hall–Kier alpha value is -1.72. The summed E-state index contributed by atoms with van der Waals surface area (Å²) >= 11 is 0. The number of ether oxygens (including phenoxy) is 1. The zero-order valence-corrected chi connectivity index (χ0v) is 19.9. The molecule has 1 aliphatic heterocycles. The number of amides is 2. The van der Waals surface area contributed by atoms with Gasteiger partial charge in [-0.05, 0) is 68.1 Å². The first-order valence-electron chi connectivity index (χ1n) is 11.4. The van der Waals surface area contributed by atoms with E-state index in [4.69, 9.17) is 4.74 Å². The van der Waals surface area contributed by atoms with Crippen molar-refractivity contribution in [2.24, 2.45) is 27.7 Å². The van der Waals surface area contributed by atoms with Crippen LogP contribution in [0.2, 0.25) is 0 Å². The number of carbonyl (C=O) groups is 3. The molecule has 2 fully saturated rings. The second-order valence-electron chi connectivity index (χ2n) is 10.8. The summed E-state index contributed by atoms with van der Waals surface area (Å²) in [4.78, 5) is 42.0. The molecule has 0 aromatic heterocycles. The molecule has 0 aromatic carbocycles. The number of nitrogens with zero attached hydrogens (tertiary/aromatic N) is 2. The van der Waals surface area contributed by atoms with E-state index in [1.807, 2.05) is 20.8 Å². The monoisotopic (exact) mass is 420 g/mol. The maximum atomic E-state index is 12.9. The average molecular weight is 421 g/mol. The molecule has 6 heteroatoms. The smallest absolute Gasteiger partial charge is 0.329 e. The third-order valence-corrected chi connectivity index (χ3v) is 7.66. The lowest BCUT2D eigenvalue weighted by atomic mass is 9.66. The lowest BCUT2D eigenvalue weighted by Crippen LogP contribution is -2.45. The van der Waals surface area contributed by atoms with Gasteiger partial charge in [0.1, 0.15) is 11.8 Å². The largest absolute Gasteiger partial charge is 0.461 e. The van der Waals surface area contributed by atoms with Gasteiger partial charge in [0.2, 0.25) is 6.41 Å². The van der Waals surface area contributed by atoms with Crippen LogP contribution in [-0.4, -0.2) is 47.6 Å². The second kappa shape index (κ2) is 9.61. The van der Waals surface area contributed by atoms with Crippen LogP contribution in [0.4, 0.5) is 0 Å². The van der Waals surface area contributed by atoms with Crippen molar-refractivity contribution in [3.63, 3.8) is 0 Å². The van der Waals surface area contributed by atoms with Crippen LogP contribution < -0.4 is 0 Å². The van der Waals surface area contributed by atoms with Crippen LogP contribution in [0.5, 0.6) is 0 Å². The van der Waals surface area contributed by atoms with Gasteiger partial charge in [-0.3, -0.25) is 9.59 Å². The Morgan fingerprint density at radius 3 is 2.37 bits per heavy atom. The minimum atomic E-state index is -0.586. The summed E-state index contributed by atoms with van der Waals surface area (Å²) in [7, 11) is 0. The molecule has 1 saturated heterocycles. The molecule has 3 atom stereocenters. The van der Waals surface area contributed by atoms with E-state index in [9.17, 15) is 14.4 Å². The van der Waals surface area contributed by atoms with E-state index in [-0.39, 0.29) is 40.4 Å². The Morgan fingerprint density at radius 1 is 1.17 bits per heavy atom. The highest BCUT2D eigenvalue weighted by atomic mass is 16.5. The van der Waals surface area contributed by atoms with Crippen LogP contribution in [0.3, 0.4) is 0 Å². The predicted molar refractivity (Wildman–Crippen MR) is 118 cm³/mol. The van der Waals surface area contributed by atoms with Crippen molar-refractivity contribution >= 4 is 24.0 Å². The summed E-state index contributed by atoms with van der Waals surface area (Å²) < 4.78 is 5.82. The molecule has 0 N–H and O–H groups in total. The molecule has 30 heavy (non-hydrogen) atoms. The maximum absolute atomic E-state index is 12.9. The summed E-state index contributed by atoms with van der Waals surface area (Å²) in [6.45, 7) is 15.7. The van der Waals surface area contributed by atoms with E-state index >= 15 is 0 Å². The zero-order valence-electron chi connectivity index (χ0n) is 19.9. The van der Waals surface area contributed by atoms with Gasteiger partial charge in [-0.25, -0.2) is 9.79 Å². The van der Waals surface area contributed by atoms with Gasteiger partial charge in [-0.1, -0.05) is 41.5 Å². The molecule has 2 aliphatic rings. The number of hydrogen-bond donors (Lipinski definition) is 0. The zero-order chi connectivity index (χ0) is 22.7. The van der Waals surface area contributed by atoms with Crippen molar-refractivity contribution < 1.29 is 19.1 Å². The van der Waals surface area contributed by atoms with Crippen molar-refractivity contribution in [2.45, 2.75) is 99.1 Å². The molecule has 2 rings (SSSR count). The number of rotatable bonds is 8. The normalized spacial score (nSPS) is 26.7. The molecule has 170 valence electrons. The van der Waals surface area contributed by atoms with Gasteiger partial charge in [0.25, 0.3) is 5.91 Å². The third kappa shape index (κ3) is 5.30. The van der Waals surface area contributed by atoms with E-state index in [0.29, 0.717) is 31.7 Å². The van der Waals surface area contributed by atoms with Crippen LogP contribution in [-0.2, 0) is 19.1 Å². The highest BCUT2D eigenvalue weighted by Crippen LogP contribution is 2.57. The van der Waals surface area contributed by atoms with Gasteiger partial charge in [-0.15, -0.1) is 0 Å². The Balaban J connectivity index is 2.01. The lowest BCUT2D eigenvalue weighted by molar-refractivity contribution is -0.157. The fraction of sp³-hybridized carbons (Fsp3) is 0.833. The van der Waals surface area contributed by atoms with Crippen LogP contribution in [0.15, 0.2) is 4.99 Å². The molecule has 0 spiro atoms. The van der Waals surface area contributed by atoms with Gasteiger partial charge in [0.15, 0.2) is 0 Å². The Morgan fingerprint density at radius 2 is 1.83 bits per heavy atom. The highest BCUT2D eigenvalue weighted by molar-refractivity contribution is 6.40. The summed E-state index contributed by atoms with van der Waals surface area (Å²) in [5, 5.41) is 0. The molecule has 1 aliphatic carbocycles. The summed E-state index contributed by atoms with van der Waals surface area (Å²) in [5.74, 6) is 0.0497. The number of aliphatic imine (C=N–C) groups is 1. The molecular formula is C24H40N2O4. The first-order valence-corrected chi connectivity index (χ1v) is 11.4. The van der Waals surface area contributed by atoms with Crippen LogP contribution in [0.1, 0.15) is 87.0 Å². The van der Waals surface area contributed by atoms with Crippen molar-refractivity contribution in [3.8, 4) is 0 Å². The molecule has 0 radical (unpaired) electrons. The lowest BCUT2D eigenvalue weighted by Gasteiger charge is -2.40. The molecule has 0 bridgehead atoms. The van der Waals surface area contributed by atoms with Crippen molar-refractivity contribution in [2.75, 3.05) is 6.54 Å². The Labute approximate surface area is 181 Å². The van der Waals surface area contributed by atoms with Gasteiger partial charge in [0, 0.05) is 6.54 Å². The van der Waals surface area contributed by atoms with Crippen molar-refractivity contribution in [1.82, 2.24) is 4.90 Å². The summed E-state index contributed by atoms with van der Waals surface area (Å²) in [5.41, 5.74) is 0.698. The van der Waals surface area contributed by atoms with E-state index in [0.717, 1.165) is 19.3 Å². The third-order valence-electron chi connectivity index (χ3n) is 7.66. The fourth-order valence-corrected chi connectivity index (χ4v) is 4.97. The minimum absolute atomic E-state index is 0.188. The van der Waals surface area contributed by atoms with Gasteiger partial charge in [-0.2, -0.15) is 0 Å². The summed E-state index contributed by atoms with van der Waals surface area (Å²) in [6.07, 6.45) is 5.15. The van der Waals surface area contributed by atoms with Gasteiger partial charge in [0.05, 0.1) is 6.10 Å². The number of likely N-dealkylation sites (tertiary alicyclic amines) is 1. The topological polar surface area (TPSA) is 76.0 Å². The maximum Gasteiger partial charge on any atom is 0.329 e. The van der Waals surface area contributed by atoms with Crippen molar-refractivity contribution in [3.05, 3.63) is 0 Å². The SMILES string of the molecule is CC(C)CC(=NC=O)C(=O)N1CCCC1C(=O)OC(C)CC1CCC(C)(C)C1(C)C. The number of esters is 1. The highest BCUT2D eigenvalue weighted by Gasteiger charge is 2.48. The molecule has 0 aromatic rings. The van der Waals surface area contributed by atoms with Gasteiger partial charge >= 0.3 is 5.97 Å². The molecular weight excluding hydrogens is 380 g/mol. The van der Waals surface area contributed by atoms with Crippen LogP contribution >= 0.6 is 0 Å². The van der Waals surface area contributed by atoms with Gasteiger partial charge < -0.3 is 9.64 Å². The second-order valence-corrected chi connectivity index (χ2v) is 10.8. The fourth-order valence-electron chi connectivity index (χ4n) is 4.97. The Bertz CT molecular complexity index is 681. The molecule has 3 unspecified atom stereocenters. The molecule has 1 saturated carbocycles. The van der Waals surface area contributed by atoms with E-state index in [2.05, 4.69) is 32.7 Å². The summed E-state index contributed by atoms with van der Waals surface area (Å²) in [6, 6.07) is -0.586. The van der Waals surface area contributed by atoms with Crippen molar-refractivity contribution in [1.29, 1.82) is 0 Å². The van der Waals surface area contributed by atoms with E-state index < -0.39 is 6.04 Å². The first kappa shape index (κ1) is 24.5. The average Bonchev–Trinajstić information content (AvgIpc) is 3.19. The first-order chi connectivity index (χ1) is 13.9. The predicted octanol–water partition coefficient (Wildman–Crippen LogP) is 4.41. The quantitative estimate of drug-likeness (QED) is 0.331. The number of carbonyl (C=O) groups excluding carboxylic acids is 3. The minimum Gasteiger partial charge on any atom is -0.461 e. The van der Waals surface area contributed by atoms with Crippen LogP contribution in [0.25, 0.3) is 0 Å².